The number of rotatable bonds is 3. The first-order chi connectivity index (χ1) is 12.1. The van der Waals surface area contributed by atoms with Crippen LogP contribution in [0.1, 0.15) is 44.1 Å². The number of likely N-dealkylation sites (tertiary alicyclic amines) is 1. The zero-order valence-electron chi connectivity index (χ0n) is 14.8. The standard InChI is InChI=1S/C20H26FNO3/c1-24-17-7-4-14-25-20(17)10-12-22(13-11-20)18(23)19(8-9-19)15-5-2-3-6-16(15)21/h2-3,5-6,17H,4,7-14H2,1H3/t17-/m1/s1. The molecule has 2 aliphatic heterocycles. The monoisotopic (exact) mass is 347 g/mol. The molecular weight excluding hydrogens is 321 g/mol. The van der Waals surface area contributed by atoms with Crippen molar-refractivity contribution >= 4 is 5.91 Å². The molecule has 5 heteroatoms. The Hall–Kier alpha value is -1.46. The van der Waals surface area contributed by atoms with E-state index in [4.69, 9.17) is 9.47 Å². The fourth-order valence-electron chi connectivity index (χ4n) is 4.66. The number of carbonyl (C=O) groups excluding carboxylic acids is 1. The van der Waals surface area contributed by atoms with Crippen LogP contribution in [0.15, 0.2) is 24.3 Å². The lowest BCUT2D eigenvalue weighted by atomic mass is 9.81. The predicted molar refractivity (Wildman–Crippen MR) is 91.8 cm³/mol. The molecule has 4 rings (SSSR count). The highest BCUT2D eigenvalue weighted by Gasteiger charge is 2.55. The molecule has 0 aromatic heterocycles. The molecular formula is C20H26FNO3. The summed E-state index contributed by atoms with van der Waals surface area (Å²) in [5.74, 6) is -0.186. The Morgan fingerprint density at radius 3 is 2.60 bits per heavy atom. The van der Waals surface area contributed by atoms with Gasteiger partial charge in [-0.25, -0.2) is 4.39 Å². The average molecular weight is 347 g/mol. The molecule has 4 nitrogen and oxygen atoms in total. The van der Waals surface area contributed by atoms with Crippen LogP contribution in [0.25, 0.3) is 0 Å². The third kappa shape index (κ3) is 2.77. The van der Waals surface area contributed by atoms with Crippen molar-refractivity contribution in [2.45, 2.75) is 55.6 Å². The first kappa shape index (κ1) is 17.0. The van der Waals surface area contributed by atoms with E-state index >= 15 is 0 Å². The van der Waals surface area contributed by atoms with Gasteiger partial charge in [0, 0.05) is 32.4 Å². The van der Waals surface area contributed by atoms with Crippen molar-refractivity contribution in [3.63, 3.8) is 0 Å². The Labute approximate surface area is 148 Å². The summed E-state index contributed by atoms with van der Waals surface area (Å²) in [6, 6.07) is 6.70. The van der Waals surface area contributed by atoms with Crippen molar-refractivity contribution in [2.75, 3.05) is 26.8 Å². The summed E-state index contributed by atoms with van der Waals surface area (Å²) in [5.41, 5.74) is -0.327. The Morgan fingerprint density at radius 2 is 1.96 bits per heavy atom. The molecule has 3 aliphatic rings. The van der Waals surface area contributed by atoms with E-state index in [1.165, 1.54) is 6.07 Å². The molecule has 0 N–H and O–H groups in total. The predicted octanol–water partition coefficient (Wildman–Crippen LogP) is 3.04. The number of piperidine rings is 1. The first-order valence-electron chi connectivity index (χ1n) is 9.32. The molecule has 1 amide bonds. The van der Waals surface area contributed by atoms with Crippen LogP contribution >= 0.6 is 0 Å². The minimum absolute atomic E-state index is 0.0808. The van der Waals surface area contributed by atoms with Crippen LogP contribution in [-0.4, -0.2) is 49.3 Å². The van der Waals surface area contributed by atoms with Gasteiger partial charge in [0.15, 0.2) is 0 Å². The van der Waals surface area contributed by atoms with Crippen LogP contribution in [0.4, 0.5) is 4.39 Å². The molecule has 1 aromatic carbocycles. The molecule has 0 bridgehead atoms. The van der Waals surface area contributed by atoms with Gasteiger partial charge >= 0.3 is 0 Å². The Kier molecular flexibility index (Phi) is 4.32. The van der Waals surface area contributed by atoms with Gasteiger partial charge in [-0.3, -0.25) is 4.79 Å². The van der Waals surface area contributed by atoms with Gasteiger partial charge in [0.05, 0.1) is 17.1 Å². The summed E-state index contributed by atoms with van der Waals surface area (Å²) in [7, 11) is 1.75. The number of nitrogens with zero attached hydrogens (tertiary/aromatic N) is 1. The van der Waals surface area contributed by atoms with Gasteiger partial charge in [0.25, 0.3) is 0 Å². The Morgan fingerprint density at radius 1 is 1.24 bits per heavy atom. The van der Waals surface area contributed by atoms with E-state index in [9.17, 15) is 9.18 Å². The lowest BCUT2D eigenvalue weighted by Crippen LogP contribution is -2.57. The molecule has 25 heavy (non-hydrogen) atoms. The lowest BCUT2D eigenvalue weighted by Gasteiger charge is -2.48. The largest absolute Gasteiger partial charge is 0.378 e. The van der Waals surface area contributed by atoms with Crippen LogP contribution in [0.3, 0.4) is 0 Å². The van der Waals surface area contributed by atoms with Crippen LogP contribution in [-0.2, 0) is 19.7 Å². The van der Waals surface area contributed by atoms with E-state index in [1.54, 1.807) is 19.2 Å². The van der Waals surface area contributed by atoms with E-state index in [1.807, 2.05) is 11.0 Å². The number of amides is 1. The van der Waals surface area contributed by atoms with Crippen molar-refractivity contribution < 1.29 is 18.7 Å². The molecule has 3 fully saturated rings. The topological polar surface area (TPSA) is 38.8 Å². The second-order valence-corrected chi connectivity index (χ2v) is 7.63. The van der Waals surface area contributed by atoms with Crippen molar-refractivity contribution in [3.05, 3.63) is 35.6 Å². The number of ether oxygens (including phenoxy) is 2. The lowest BCUT2D eigenvalue weighted by molar-refractivity contribution is -0.188. The normalized spacial score (nSPS) is 27.3. The van der Waals surface area contributed by atoms with E-state index < -0.39 is 5.41 Å². The van der Waals surface area contributed by atoms with E-state index in [2.05, 4.69) is 0 Å². The van der Waals surface area contributed by atoms with Crippen LogP contribution < -0.4 is 0 Å². The highest BCUT2D eigenvalue weighted by molar-refractivity contribution is 5.91. The summed E-state index contributed by atoms with van der Waals surface area (Å²) in [5, 5.41) is 0. The number of carbonyl (C=O) groups is 1. The van der Waals surface area contributed by atoms with E-state index in [0.717, 1.165) is 45.1 Å². The quantitative estimate of drug-likeness (QED) is 0.844. The minimum Gasteiger partial charge on any atom is -0.378 e. The molecule has 0 unspecified atom stereocenters. The van der Waals surface area contributed by atoms with E-state index in [-0.39, 0.29) is 23.4 Å². The van der Waals surface area contributed by atoms with Crippen molar-refractivity contribution in [1.82, 2.24) is 4.90 Å². The van der Waals surface area contributed by atoms with Gasteiger partial charge in [-0.15, -0.1) is 0 Å². The summed E-state index contributed by atoms with van der Waals surface area (Å²) in [6.45, 7) is 2.09. The molecule has 1 aliphatic carbocycles. The number of hydrogen-bond acceptors (Lipinski definition) is 3. The Balaban J connectivity index is 1.48. The summed E-state index contributed by atoms with van der Waals surface area (Å²) in [4.78, 5) is 15.1. The van der Waals surface area contributed by atoms with Crippen LogP contribution in [0.5, 0.6) is 0 Å². The zero-order chi connectivity index (χ0) is 17.5. The third-order valence-electron chi connectivity index (χ3n) is 6.32. The fraction of sp³-hybridized carbons (Fsp3) is 0.650. The molecule has 1 saturated carbocycles. The molecule has 1 atom stereocenters. The second kappa shape index (κ2) is 6.36. The number of methoxy groups -OCH3 is 1. The highest BCUT2D eigenvalue weighted by atomic mass is 19.1. The average Bonchev–Trinajstić information content (AvgIpc) is 3.44. The van der Waals surface area contributed by atoms with Gasteiger partial charge in [0.1, 0.15) is 5.82 Å². The zero-order valence-corrected chi connectivity index (χ0v) is 14.8. The van der Waals surface area contributed by atoms with Gasteiger partial charge in [-0.05, 0) is 44.6 Å². The van der Waals surface area contributed by atoms with Gasteiger partial charge in [-0.2, -0.15) is 0 Å². The van der Waals surface area contributed by atoms with Gasteiger partial charge in [0.2, 0.25) is 5.91 Å². The van der Waals surface area contributed by atoms with Crippen molar-refractivity contribution in [1.29, 1.82) is 0 Å². The van der Waals surface area contributed by atoms with Gasteiger partial charge < -0.3 is 14.4 Å². The first-order valence-corrected chi connectivity index (χ1v) is 9.32. The fourth-order valence-corrected chi connectivity index (χ4v) is 4.66. The number of benzene rings is 1. The molecule has 136 valence electrons. The summed E-state index contributed by atoms with van der Waals surface area (Å²) in [6.07, 6.45) is 5.23. The molecule has 1 spiro atoms. The van der Waals surface area contributed by atoms with Crippen LogP contribution in [0, 0.1) is 5.82 Å². The SMILES string of the molecule is CO[C@@H]1CCCOC12CCN(C(=O)C1(c3ccccc3F)CC1)CC2. The minimum atomic E-state index is -0.635. The Bertz CT molecular complexity index is 650. The maximum Gasteiger partial charge on any atom is 0.233 e. The molecule has 2 heterocycles. The number of halogens is 1. The summed E-state index contributed by atoms with van der Waals surface area (Å²) < 4.78 is 26.0. The van der Waals surface area contributed by atoms with Gasteiger partial charge in [-0.1, -0.05) is 18.2 Å². The van der Waals surface area contributed by atoms with Crippen molar-refractivity contribution in [2.24, 2.45) is 0 Å². The highest BCUT2D eigenvalue weighted by Crippen LogP contribution is 2.51. The maximum absolute atomic E-state index is 14.2. The maximum atomic E-state index is 14.2. The van der Waals surface area contributed by atoms with Crippen molar-refractivity contribution in [3.8, 4) is 0 Å². The summed E-state index contributed by atoms with van der Waals surface area (Å²) >= 11 is 0. The molecule has 0 radical (unpaired) electrons. The third-order valence-corrected chi connectivity index (χ3v) is 6.32. The second-order valence-electron chi connectivity index (χ2n) is 7.63. The molecule has 2 saturated heterocycles. The smallest absolute Gasteiger partial charge is 0.233 e. The van der Waals surface area contributed by atoms with E-state index in [0.29, 0.717) is 18.7 Å². The molecule has 1 aromatic rings. The van der Waals surface area contributed by atoms with Crippen LogP contribution in [0.2, 0.25) is 0 Å². The number of hydrogen-bond donors (Lipinski definition) is 0.